The Morgan fingerprint density at radius 2 is 1.78 bits per heavy atom. The highest BCUT2D eigenvalue weighted by Gasteiger charge is 2.45. The largest absolute Gasteiger partial charge is 0.706 e. The lowest BCUT2D eigenvalue weighted by molar-refractivity contribution is -0.191. The molecule has 0 saturated carbocycles. The van der Waals surface area contributed by atoms with Gasteiger partial charge in [0.05, 0.1) is 0 Å². The molecule has 102 valence electrons. The zero-order valence-electron chi connectivity index (χ0n) is 11.2. The monoisotopic (exact) mass is 288 g/mol. The first-order chi connectivity index (χ1) is 8.67. The van der Waals surface area contributed by atoms with Crippen molar-refractivity contribution in [3.63, 3.8) is 0 Å². The van der Waals surface area contributed by atoms with Gasteiger partial charge in [0.2, 0.25) is 0 Å². The van der Waals surface area contributed by atoms with E-state index in [0.717, 1.165) is 0 Å². The van der Waals surface area contributed by atoms with Crippen molar-refractivity contribution >= 4 is 19.5 Å². The summed E-state index contributed by atoms with van der Waals surface area (Å²) in [6, 6.07) is 10.1. The second-order valence-electron chi connectivity index (χ2n) is 3.78. The van der Waals surface area contributed by atoms with Gasteiger partial charge in [0.1, 0.15) is 0 Å². The molecule has 18 heavy (non-hydrogen) atoms. The van der Waals surface area contributed by atoms with E-state index in [1.165, 1.54) is 19.8 Å². The molecular formula is C11H20O5Si2. The Balaban J connectivity index is 2.57. The highest BCUT2D eigenvalue weighted by Crippen LogP contribution is 2.18. The van der Waals surface area contributed by atoms with Crippen molar-refractivity contribution in [2.24, 2.45) is 0 Å². The predicted molar refractivity (Wildman–Crippen MR) is 72.7 cm³/mol. The summed E-state index contributed by atoms with van der Waals surface area (Å²) in [6.45, 7) is 2.52. The fourth-order valence-corrected chi connectivity index (χ4v) is 3.36. The third kappa shape index (κ3) is 4.28. The van der Waals surface area contributed by atoms with Gasteiger partial charge in [-0.2, -0.15) is 0 Å². The Bertz CT molecular complexity index is 331. The van der Waals surface area contributed by atoms with Gasteiger partial charge in [0.15, 0.2) is 10.5 Å². The van der Waals surface area contributed by atoms with Gasteiger partial charge in [-0.05, 0) is 5.56 Å². The maximum atomic E-state index is 5.65. The third-order valence-corrected chi connectivity index (χ3v) is 4.96. The van der Waals surface area contributed by atoms with E-state index in [9.17, 15) is 0 Å². The van der Waals surface area contributed by atoms with E-state index < -0.39 is 9.05 Å². The molecular weight excluding hydrogens is 268 g/mol. The molecule has 5 nitrogen and oxygen atoms in total. The number of hydrogen-bond acceptors (Lipinski definition) is 5. The summed E-state index contributed by atoms with van der Waals surface area (Å²) < 4.78 is 25.8. The molecule has 1 atom stereocenters. The van der Waals surface area contributed by atoms with Crippen LogP contribution in [0.15, 0.2) is 30.3 Å². The second-order valence-corrected chi connectivity index (χ2v) is 6.39. The van der Waals surface area contributed by atoms with Gasteiger partial charge in [-0.15, -0.1) is 0 Å². The molecule has 1 aromatic carbocycles. The lowest BCUT2D eigenvalue weighted by atomic mass is 10.0. The maximum Gasteiger partial charge on any atom is 0.706 e. The molecule has 1 rings (SSSR count). The van der Waals surface area contributed by atoms with Crippen molar-refractivity contribution in [1.82, 2.24) is 0 Å². The molecule has 1 aromatic rings. The molecule has 0 fully saturated rings. The smallest absolute Gasteiger partial charge is 0.353 e. The Kier molecular flexibility index (Phi) is 6.72. The van der Waals surface area contributed by atoms with Crippen LogP contribution in [-0.4, -0.2) is 40.4 Å². The van der Waals surface area contributed by atoms with Crippen LogP contribution in [0.3, 0.4) is 0 Å². The summed E-state index contributed by atoms with van der Waals surface area (Å²) in [5.41, 5.74) is 1.19. The van der Waals surface area contributed by atoms with E-state index >= 15 is 0 Å². The number of benzene rings is 1. The van der Waals surface area contributed by atoms with Gasteiger partial charge in [-0.1, -0.05) is 37.3 Å². The minimum atomic E-state index is -3.13. The van der Waals surface area contributed by atoms with Crippen LogP contribution in [0.4, 0.5) is 0 Å². The zero-order valence-corrected chi connectivity index (χ0v) is 14.2. The van der Waals surface area contributed by atoms with Gasteiger partial charge in [-0.25, -0.2) is 4.58 Å². The first kappa shape index (κ1) is 15.5. The minimum absolute atomic E-state index is 0.223. The second kappa shape index (κ2) is 7.79. The van der Waals surface area contributed by atoms with Crippen LogP contribution in [0.5, 0.6) is 0 Å². The predicted octanol–water partition coefficient (Wildman–Crippen LogP) is 0.764. The van der Waals surface area contributed by atoms with Gasteiger partial charge < -0.3 is 17.9 Å². The average Bonchev–Trinajstić information content (AvgIpc) is 2.44. The normalized spacial score (nSPS) is 13.7. The Labute approximate surface area is 112 Å². The van der Waals surface area contributed by atoms with Crippen LogP contribution >= 0.6 is 0 Å². The van der Waals surface area contributed by atoms with E-state index in [0.29, 0.717) is 17.1 Å². The van der Waals surface area contributed by atoms with Crippen molar-refractivity contribution < 1.29 is 22.4 Å². The fraction of sp³-hybridized carbons (Fsp3) is 0.455. The van der Waals surface area contributed by atoms with Gasteiger partial charge in [-0.3, -0.25) is 0 Å². The van der Waals surface area contributed by atoms with E-state index in [-0.39, 0.29) is 5.92 Å². The van der Waals surface area contributed by atoms with E-state index in [4.69, 9.17) is 22.4 Å². The van der Waals surface area contributed by atoms with Crippen LogP contribution in [0.1, 0.15) is 18.4 Å². The molecule has 0 radical (unpaired) electrons. The highest BCUT2D eigenvalue weighted by atomic mass is 28.4. The standard InChI is InChI=1S/C11H20O5Si2/c1-10(11-7-5-4-6-8-11)9-14-18(12-2,13-3)16-15-17/h4-8,10H,9H2,1-3,17H3. The molecule has 0 aliphatic rings. The average molecular weight is 288 g/mol. The van der Waals surface area contributed by atoms with E-state index in [1.807, 2.05) is 18.2 Å². The van der Waals surface area contributed by atoms with Crippen LogP contribution < -0.4 is 0 Å². The van der Waals surface area contributed by atoms with Gasteiger partial charge in [0.25, 0.3) is 0 Å². The molecule has 0 amide bonds. The minimum Gasteiger partial charge on any atom is -0.353 e. The Morgan fingerprint density at radius 3 is 2.28 bits per heavy atom. The summed E-state index contributed by atoms with van der Waals surface area (Å²) in [7, 11) is 0.283. The quantitative estimate of drug-likeness (QED) is 0.401. The topological polar surface area (TPSA) is 46.2 Å². The summed E-state index contributed by atoms with van der Waals surface area (Å²) in [4.78, 5) is 0. The van der Waals surface area contributed by atoms with Crippen LogP contribution in [0, 0.1) is 0 Å². The van der Waals surface area contributed by atoms with Crippen molar-refractivity contribution in [3.05, 3.63) is 35.9 Å². The molecule has 7 heteroatoms. The first-order valence-corrected chi connectivity index (χ1v) is 8.13. The molecule has 0 N–H and O–H groups in total. The van der Waals surface area contributed by atoms with Gasteiger partial charge in [0, 0.05) is 26.7 Å². The van der Waals surface area contributed by atoms with Crippen LogP contribution in [0.25, 0.3) is 0 Å². The van der Waals surface area contributed by atoms with Gasteiger partial charge >= 0.3 is 9.05 Å². The molecule has 1 unspecified atom stereocenters. The summed E-state index contributed by atoms with van der Waals surface area (Å²) in [5, 5.41) is 0. The number of hydrogen-bond donors (Lipinski definition) is 0. The summed E-state index contributed by atoms with van der Waals surface area (Å²) in [5.74, 6) is 0.223. The molecule has 0 aliphatic carbocycles. The highest BCUT2D eigenvalue weighted by molar-refractivity contribution is 6.53. The van der Waals surface area contributed by atoms with E-state index in [1.54, 1.807) is 0 Å². The SMILES string of the molecule is CO[Si](OC)(OCC(C)c1ccccc1)OO[SiH3]. The molecule has 0 aromatic heterocycles. The fourth-order valence-electron chi connectivity index (χ4n) is 1.50. The van der Waals surface area contributed by atoms with Crippen molar-refractivity contribution in [2.45, 2.75) is 12.8 Å². The van der Waals surface area contributed by atoms with Crippen molar-refractivity contribution in [2.75, 3.05) is 20.8 Å². The van der Waals surface area contributed by atoms with Crippen LogP contribution in [0.2, 0.25) is 0 Å². The molecule has 0 saturated heterocycles. The summed E-state index contributed by atoms with van der Waals surface area (Å²) in [6.07, 6.45) is 0. The Morgan fingerprint density at radius 1 is 1.17 bits per heavy atom. The lowest BCUT2D eigenvalue weighted by Gasteiger charge is -2.24. The summed E-state index contributed by atoms with van der Waals surface area (Å²) >= 11 is 0. The van der Waals surface area contributed by atoms with Crippen molar-refractivity contribution in [3.8, 4) is 0 Å². The third-order valence-electron chi connectivity index (χ3n) is 2.56. The van der Waals surface area contributed by atoms with Crippen molar-refractivity contribution in [1.29, 1.82) is 0 Å². The number of rotatable bonds is 8. The molecule has 0 heterocycles. The Hall–Kier alpha value is -0.546. The lowest BCUT2D eigenvalue weighted by Crippen LogP contribution is -2.48. The maximum absolute atomic E-state index is 5.65. The van der Waals surface area contributed by atoms with E-state index in [2.05, 4.69) is 19.1 Å². The zero-order chi connectivity index (χ0) is 13.4. The first-order valence-electron chi connectivity index (χ1n) is 5.68. The molecule has 0 spiro atoms. The van der Waals surface area contributed by atoms with Crippen LogP contribution in [-0.2, 0) is 22.4 Å². The molecule has 0 bridgehead atoms. The molecule has 0 aliphatic heterocycles.